The van der Waals surface area contributed by atoms with Crippen molar-refractivity contribution < 1.29 is 4.39 Å². The first-order valence-electron chi connectivity index (χ1n) is 6.85. The smallest absolute Gasteiger partial charge is 0.142 e. The van der Waals surface area contributed by atoms with Gasteiger partial charge in [0.05, 0.1) is 10.5 Å². The van der Waals surface area contributed by atoms with Gasteiger partial charge in [-0.05, 0) is 50.9 Å². The van der Waals surface area contributed by atoms with E-state index in [0.717, 1.165) is 12.1 Å². The van der Waals surface area contributed by atoms with E-state index >= 15 is 0 Å². The highest BCUT2D eigenvalue weighted by Crippen LogP contribution is 2.35. The Kier molecular flexibility index (Phi) is 4.38. The standard InChI is InChI=1S/C17H15BrFNS/c1-2-20-17(12-7-5-8-14(18)16(12)19)13-10-21-15-9-4-3-6-11(13)15/h3-10,17,20H,2H2,1H3. The van der Waals surface area contributed by atoms with Gasteiger partial charge in [-0.25, -0.2) is 4.39 Å². The molecule has 0 aliphatic rings. The third-order valence-corrected chi connectivity index (χ3v) is 5.12. The van der Waals surface area contributed by atoms with E-state index in [1.807, 2.05) is 31.2 Å². The van der Waals surface area contributed by atoms with E-state index in [9.17, 15) is 4.39 Å². The minimum absolute atomic E-state index is 0.136. The Bertz CT molecular complexity index is 768. The Morgan fingerprint density at radius 3 is 2.76 bits per heavy atom. The fourth-order valence-electron chi connectivity index (χ4n) is 2.56. The molecule has 2 aromatic carbocycles. The summed E-state index contributed by atoms with van der Waals surface area (Å²) in [7, 11) is 0. The zero-order chi connectivity index (χ0) is 14.8. The van der Waals surface area contributed by atoms with E-state index < -0.39 is 0 Å². The average Bonchev–Trinajstić information content (AvgIpc) is 2.92. The van der Waals surface area contributed by atoms with Crippen LogP contribution in [0.1, 0.15) is 24.1 Å². The van der Waals surface area contributed by atoms with Crippen molar-refractivity contribution in [2.24, 2.45) is 0 Å². The lowest BCUT2D eigenvalue weighted by Crippen LogP contribution is -2.22. The first-order chi connectivity index (χ1) is 10.2. The van der Waals surface area contributed by atoms with Gasteiger partial charge in [-0.1, -0.05) is 37.3 Å². The van der Waals surface area contributed by atoms with Gasteiger partial charge in [-0.2, -0.15) is 0 Å². The van der Waals surface area contributed by atoms with Gasteiger partial charge in [0.2, 0.25) is 0 Å². The van der Waals surface area contributed by atoms with Gasteiger partial charge in [-0.15, -0.1) is 11.3 Å². The number of nitrogens with one attached hydrogen (secondary N) is 1. The third-order valence-electron chi connectivity index (χ3n) is 3.52. The molecule has 21 heavy (non-hydrogen) atoms. The fraction of sp³-hybridized carbons (Fsp3) is 0.176. The fourth-order valence-corrected chi connectivity index (χ4v) is 3.93. The van der Waals surface area contributed by atoms with Crippen LogP contribution in [0.4, 0.5) is 4.39 Å². The second-order valence-corrected chi connectivity index (χ2v) is 6.59. The normalized spacial score (nSPS) is 12.7. The van der Waals surface area contributed by atoms with Gasteiger partial charge < -0.3 is 5.32 Å². The lowest BCUT2D eigenvalue weighted by Gasteiger charge is -2.19. The van der Waals surface area contributed by atoms with Crippen molar-refractivity contribution in [3.05, 3.63) is 69.3 Å². The van der Waals surface area contributed by atoms with Gasteiger partial charge in [-0.3, -0.25) is 0 Å². The van der Waals surface area contributed by atoms with Gasteiger partial charge in [0.15, 0.2) is 0 Å². The number of hydrogen-bond donors (Lipinski definition) is 1. The molecule has 0 amide bonds. The minimum Gasteiger partial charge on any atom is -0.306 e. The predicted molar refractivity (Wildman–Crippen MR) is 91.4 cm³/mol. The lowest BCUT2D eigenvalue weighted by molar-refractivity contribution is 0.557. The SMILES string of the molecule is CCNC(c1cccc(Br)c1F)c1csc2ccccc12. The number of halogens is 2. The molecule has 0 saturated carbocycles. The Morgan fingerprint density at radius 1 is 1.14 bits per heavy atom. The molecule has 0 aliphatic heterocycles. The minimum atomic E-state index is -0.196. The molecule has 1 nitrogen and oxygen atoms in total. The molecule has 0 bridgehead atoms. The van der Waals surface area contributed by atoms with Gasteiger partial charge >= 0.3 is 0 Å². The van der Waals surface area contributed by atoms with Crippen molar-refractivity contribution in [3.63, 3.8) is 0 Å². The maximum atomic E-state index is 14.5. The molecule has 108 valence electrons. The zero-order valence-electron chi connectivity index (χ0n) is 11.6. The molecule has 1 aromatic heterocycles. The molecule has 4 heteroatoms. The molecule has 0 radical (unpaired) electrons. The summed E-state index contributed by atoms with van der Waals surface area (Å²) in [5.41, 5.74) is 1.81. The van der Waals surface area contributed by atoms with Crippen LogP contribution in [-0.2, 0) is 0 Å². The summed E-state index contributed by atoms with van der Waals surface area (Å²) < 4.78 is 16.2. The Labute approximate surface area is 135 Å². The molecule has 0 spiro atoms. The molecule has 1 heterocycles. The Hall–Kier alpha value is -1.23. The largest absolute Gasteiger partial charge is 0.306 e. The maximum Gasteiger partial charge on any atom is 0.142 e. The van der Waals surface area contributed by atoms with E-state index in [2.05, 4.69) is 38.8 Å². The predicted octanol–water partition coefficient (Wildman–Crippen LogP) is 5.50. The number of thiophene rings is 1. The van der Waals surface area contributed by atoms with Crippen LogP contribution >= 0.6 is 27.3 Å². The summed E-state index contributed by atoms with van der Waals surface area (Å²) in [4.78, 5) is 0. The van der Waals surface area contributed by atoms with Crippen LogP contribution in [0.15, 0.2) is 52.3 Å². The quantitative estimate of drug-likeness (QED) is 0.644. The van der Waals surface area contributed by atoms with Crippen molar-refractivity contribution in [2.45, 2.75) is 13.0 Å². The molecule has 3 rings (SSSR count). The van der Waals surface area contributed by atoms with E-state index in [4.69, 9.17) is 0 Å². The van der Waals surface area contributed by atoms with Gasteiger partial charge in [0.1, 0.15) is 5.82 Å². The summed E-state index contributed by atoms with van der Waals surface area (Å²) in [6, 6.07) is 13.6. The van der Waals surface area contributed by atoms with E-state index in [1.54, 1.807) is 17.4 Å². The number of hydrogen-bond acceptors (Lipinski definition) is 2. The van der Waals surface area contributed by atoms with Crippen LogP contribution < -0.4 is 5.32 Å². The highest BCUT2D eigenvalue weighted by atomic mass is 79.9. The van der Waals surface area contributed by atoms with Crippen LogP contribution in [0.2, 0.25) is 0 Å². The topological polar surface area (TPSA) is 12.0 Å². The molecule has 1 atom stereocenters. The van der Waals surface area contributed by atoms with Crippen LogP contribution in [-0.4, -0.2) is 6.54 Å². The van der Waals surface area contributed by atoms with E-state index in [0.29, 0.717) is 10.0 Å². The summed E-state index contributed by atoms with van der Waals surface area (Å²) in [6.07, 6.45) is 0. The van der Waals surface area contributed by atoms with Crippen LogP contribution in [0.3, 0.4) is 0 Å². The maximum absolute atomic E-state index is 14.5. The molecule has 0 aliphatic carbocycles. The third kappa shape index (κ3) is 2.76. The molecular formula is C17H15BrFNS. The van der Waals surface area contributed by atoms with Crippen molar-refractivity contribution in [3.8, 4) is 0 Å². The van der Waals surface area contributed by atoms with Gasteiger partial charge in [0.25, 0.3) is 0 Å². The van der Waals surface area contributed by atoms with Crippen molar-refractivity contribution in [1.29, 1.82) is 0 Å². The van der Waals surface area contributed by atoms with Crippen molar-refractivity contribution in [2.75, 3.05) is 6.54 Å². The highest BCUT2D eigenvalue weighted by molar-refractivity contribution is 9.10. The van der Waals surface area contributed by atoms with Crippen LogP contribution in [0.25, 0.3) is 10.1 Å². The van der Waals surface area contributed by atoms with Gasteiger partial charge in [0, 0.05) is 10.3 Å². The molecule has 0 saturated heterocycles. The molecule has 1 unspecified atom stereocenters. The molecule has 1 N–H and O–H groups in total. The van der Waals surface area contributed by atoms with Crippen molar-refractivity contribution >= 4 is 37.4 Å². The number of rotatable bonds is 4. The zero-order valence-corrected chi connectivity index (χ0v) is 14.0. The molecular weight excluding hydrogens is 349 g/mol. The highest BCUT2D eigenvalue weighted by Gasteiger charge is 2.21. The first kappa shape index (κ1) is 14.7. The number of benzene rings is 2. The second kappa shape index (κ2) is 6.26. The monoisotopic (exact) mass is 363 g/mol. The van der Waals surface area contributed by atoms with Crippen molar-refractivity contribution in [1.82, 2.24) is 5.32 Å². The number of fused-ring (bicyclic) bond motifs is 1. The summed E-state index contributed by atoms with van der Waals surface area (Å²) in [6.45, 7) is 2.82. The van der Waals surface area contributed by atoms with Crippen LogP contribution in [0.5, 0.6) is 0 Å². The molecule has 3 aromatic rings. The average molecular weight is 364 g/mol. The first-order valence-corrected chi connectivity index (χ1v) is 8.53. The Morgan fingerprint density at radius 2 is 1.95 bits per heavy atom. The Balaban J connectivity index is 2.16. The van der Waals surface area contributed by atoms with E-state index in [-0.39, 0.29) is 11.9 Å². The molecule has 0 fully saturated rings. The van der Waals surface area contributed by atoms with Crippen LogP contribution in [0, 0.1) is 5.82 Å². The summed E-state index contributed by atoms with van der Waals surface area (Å²) in [5.74, 6) is -0.196. The second-order valence-electron chi connectivity index (χ2n) is 4.82. The van der Waals surface area contributed by atoms with E-state index in [1.165, 1.54) is 10.1 Å². The summed E-state index contributed by atoms with van der Waals surface area (Å²) >= 11 is 4.98. The lowest BCUT2D eigenvalue weighted by atomic mass is 9.97. The summed E-state index contributed by atoms with van der Waals surface area (Å²) in [5, 5.41) is 6.72.